The Hall–Kier alpha value is -1.62. The highest BCUT2D eigenvalue weighted by atomic mass is 35.5. The zero-order valence-corrected chi connectivity index (χ0v) is 12.0. The first-order valence-corrected chi connectivity index (χ1v) is 6.54. The predicted octanol–water partition coefficient (Wildman–Crippen LogP) is 2.99. The quantitative estimate of drug-likeness (QED) is 0.474. The first kappa shape index (κ1) is 15.4. The maximum atomic E-state index is 12.4. The average molecular weight is 285 g/mol. The number of carbonyl (C=O) groups excluding carboxylic acids is 1. The summed E-state index contributed by atoms with van der Waals surface area (Å²) in [5.41, 5.74) is 0.700. The molecular weight excluding hydrogens is 268 g/mol. The predicted molar refractivity (Wildman–Crippen MR) is 74.7 cm³/mol. The highest BCUT2D eigenvalue weighted by molar-refractivity contribution is 6.18. The number of halogens is 1. The molecule has 0 saturated heterocycles. The molecule has 1 rings (SSSR count). The number of carbonyl (C=O) groups is 1. The number of alkyl halides is 1. The van der Waals surface area contributed by atoms with Crippen LogP contribution in [-0.4, -0.2) is 34.2 Å². The SMILES string of the molecule is Cc1c(C(=O)N(CCCl)C(C)C)cccc1[N+](=O)[O-]. The van der Waals surface area contributed by atoms with E-state index in [-0.39, 0.29) is 17.6 Å². The molecule has 0 bridgehead atoms. The maximum absolute atomic E-state index is 12.4. The summed E-state index contributed by atoms with van der Waals surface area (Å²) >= 11 is 5.69. The van der Waals surface area contributed by atoms with Crippen LogP contribution in [0.2, 0.25) is 0 Å². The van der Waals surface area contributed by atoms with Crippen LogP contribution in [0.25, 0.3) is 0 Å². The summed E-state index contributed by atoms with van der Waals surface area (Å²) in [6, 6.07) is 4.52. The normalized spacial score (nSPS) is 10.6. The van der Waals surface area contributed by atoms with Crippen molar-refractivity contribution in [1.82, 2.24) is 4.90 Å². The molecule has 0 spiro atoms. The summed E-state index contributed by atoms with van der Waals surface area (Å²) in [4.78, 5) is 24.4. The van der Waals surface area contributed by atoms with Crippen LogP contribution in [0.5, 0.6) is 0 Å². The van der Waals surface area contributed by atoms with Crippen molar-refractivity contribution in [2.24, 2.45) is 0 Å². The Kier molecular flexibility index (Phi) is 5.30. The topological polar surface area (TPSA) is 63.5 Å². The summed E-state index contributed by atoms with van der Waals surface area (Å²) < 4.78 is 0. The van der Waals surface area contributed by atoms with E-state index in [0.717, 1.165) is 0 Å². The molecule has 104 valence electrons. The number of amides is 1. The Morgan fingerprint density at radius 3 is 2.58 bits per heavy atom. The number of rotatable bonds is 5. The lowest BCUT2D eigenvalue weighted by molar-refractivity contribution is -0.385. The molecule has 0 aliphatic carbocycles. The number of nitrogens with zero attached hydrogens (tertiary/aromatic N) is 2. The molecular formula is C13H17ClN2O3. The van der Waals surface area contributed by atoms with E-state index in [0.29, 0.717) is 23.6 Å². The molecule has 19 heavy (non-hydrogen) atoms. The van der Waals surface area contributed by atoms with Gasteiger partial charge in [-0.2, -0.15) is 0 Å². The number of hydrogen-bond donors (Lipinski definition) is 0. The number of hydrogen-bond acceptors (Lipinski definition) is 3. The molecule has 0 aromatic heterocycles. The van der Waals surface area contributed by atoms with Crippen molar-refractivity contribution in [1.29, 1.82) is 0 Å². The minimum Gasteiger partial charge on any atom is -0.335 e. The maximum Gasteiger partial charge on any atom is 0.273 e. The molecule has 0 radical (unpaired) electrons. The van der Waals surface area contributed by atoms with Crippen molar-refractivity contribution >= 4 is 23.2 Å². The molecule has 0 fully saturated rings. The van der Waals surface area contributed by atoms with E-state index in [1.165, 1.54) is 12.1 Å². The lowest BCUT2D eigenvalue weighted by Crippen LogP contribution is -2.38. The van der Waals surface area contributed by atoms with Crippen LogP contribution in [0.3, 0.4) is 0 Å². The van der Waals surface area contributed by atoms with Gasteiger partial charge in [0.15, 0.2) is 0 Å². The average Bonchev–Trinajstić information content (AvgIpc) is 2.34. The molecule has 0 N–H and O–H groups in total. The van der Waals surface area contributed by atoms with Gasteiger partial charge in [0.05, 0.1) is 4.92 Å². The fourth-order valence-electron chi connectivity index (χ4n) is 1.89. The van der Waals surface area contributed by atoms with Gasteiger partial charge in [-0.25, -0.2) is 0 Å². The molecule has 1 aromatic carbocycles. The molecule has 5 nitrogen and oxygen atoms in total. The van der Waals surface area contributed by atoms with E-state index in [2.05, 4.69) is 0 Å². The Bertz CT molecular complexity index is 489. The lowest BCUT2D eigenvalue weighted by atomic mass is 10.0. The van der Waals surface area contributed by atoms with Crippen LogP contribution < -0.4 is 0 Å². The van der Waals surface area contributed by atoms with Gasteiger partial charge in [-0.1, -0.05) is 6.07 Å². The van der Waals surface area contributed by atoms with Crippen LogP contribution in [0.4, 0.5) is 5.69 Å². The van der Waals surface area contributed by atoms with E-state index in [1.54, 1.807) is 17.9 Å². The molecule has 0 heterocycles. The van der Waals surface area contributed by atoms with Crippen LogP contribution in [0.15, 0.2) is 18.2 Å². The molecule has 0 atom stereocenters. The van der Waals surface area contributed by atoms with E-state index in [1.807, 2.05) is 13.8 Å². The van der Waals surface area contributed by atoms with Gasteiger partial charge in [0.25, 0.3) is 11.6 Å². The van der Waals surface area contributed by atoms with Gasteiger partial charge < -0.3 is 4.90 Å². The standard InChI is InChI=1S/C13H17ClN2O3/c1-9(2)15(8-7-14)13(17)11-5-4-6-12(10(11)3)16(18)19/h4-6,9H,7-8H2,1-3H3. The van der Waals surface area contributed by atoms with Crippen molar-refractivity contribution in [3.63, 3.8) is 0 Å². The third-order valence-electron chi connectivity index (χ3n) is 2.94. The fourth-order valence-corrected chi connectivity index (χ4v) is 2.08. The monoisotopic (exact) mass is 284 g/mol. The Morgan fingerprint density at radius 1 is 1.47 bits per heavy atom. The van der Waals surface area contributed by atoms with Gasteiger partial charge >= 0.3 is 0 Å². The second-order valence-corrected chi connectivity index (χ2v) is 4.87. The van der Waals surface area contributed by atoms with Gasteiger partial charge in [0, 0.05) is 35.7 Å². The minimum atomic E-state index is -0.479. The molecule has 0 aliphatic rings. The van der Waals surface area contributed by atoms with Crippen LogP contribution in [0, 0.1) is 17.0 Å². The van der Waals surface area contributed by atoms with Crippen LogP contribution >= 0.6 is 11.6 Å². The molecule has 6 heteroatoms. The molecule has 1 amide bonds. The Balaban J connectivity index is 3.18. The van der Waals surface area contributed by atoms with E-state index < -0.39 is 4.92 Å². The summed E-state index contributed by atoms with van der Waals surface area (Å²) in [5, 5.41) is 10.9. The highest BCUT2D eigenvalue weighted by Crippen LogP contribution is 2.22. The fraction of sp³-hybridized carbons (Fsp3) is 0.462. The molecule has 0 unspecified atom stereocenters. The van der Waals surface area contributed by atoms with E-state index in [9.17, 15) is 14.9 Å². The molecule has 0 saturated carbocycles. The van der Waals surface area contributed by atoms with E-state index >= 15 is 0 Å². The molecule has 1 aromatic rings. The second kappa shape index (κ2) is 6.52. The third kappa shape index (κ3) is 3.44. The van der Waals surface area contributed by atoms with Gasteiger partial charge in [0.1, 0.15) is 0 Å². The van der Waals surface area contributed by atoms with Gasteiger partial charge in [-0.15, -0.1) is 11.6 Å². The first-order chi connectivity index (χ1) is 8.90. The first-order valence-electron chi connectivity index (χ1n) is 6.01. The Morgan fingerprint density at radius 2 is 2.11 bits per heavy atom. The summed E-state index contributed by atoms with van der Waals surface area (Å²) in [6.45, 7) is 5.78. The second-order valence-electron chi connectivity index (χ2n) is 4.49. The van der Waals surface area contributed by atoms with Crippen LogP contribution in [0.1, 0.15) is 29.8 Å². The Labute approximate surface area is 117 Å². The van der Waals surface area contributed by atoms with Gasteiger partial charge in [-0.05, 0) is 26.8 Å². The smallest absolute Gasteiger partial charge is 0.273 e. The zero-order chi connectivity index (χ0) is 14.6. The highest BCUT2D eigenvalue weighted by Gasteiger charge is 2.23. The van der Waals surface area contributed by atoms with Crippen molar-refractivity contribution in [2.45, 2.75) is 26.8 Å². The van der Waals surface area contributed by atoms with Gasteiger partial charge in [0.2, 0.25) is 0 Å². The number of nitro groups is 1. The van der Waals surface area contributed by atoms with Gasteiger partial charge in [-0.3, -0.25) is 14.9 Å². The van der Waals surface area contributed by atoms with Crippen molar-refractivity contribution in [3.8, 4) is 0 Å². The van der Waals surface area contributed by atoms with Crippen molar-refractivity contribution in [3.05, 3.63) is 39.4 Å². The largest absolute Gasteiger partial charge is 0.335 e. The number of benzene rings is 1. The summed E-state index contributed by atoms with van der Waals surface area (Å²) in [5.74, 6) is 0.106. The van der Waals surface area contributed by atoms with Crippen LogP contribution in [-0.2, 0) is 0 Å². The van der Waals surface area contributed by atoms with Crippen molar-refractivity contribution in [2.75, 3.05) is 12.4 Å². The lowest BCUT2D eigenvalue weighted by Gasteiger charge is -2.26. The molecule has 0 aliphatic heterocycles. The number of nitro benzene ring substituents is 1. The summed E-state index contributed by atoms with van der Waals surface area (Å²) in [6.07, 6.45) is 0. The van der Waals surface area contributed by atoms with E-state index in [4.69, 9.17) is 11.6 Å². The minimum absolute atomic E-state index is 0.00934. The third-order valence-corrected chi connectivity index (χ3v) is 3.11. The summed E-state index contributed by atoms with van der Waals surface area (Å²) in [7, 11) is 0. The zero-order valence-electron chi connectivity index (χ0n) is 11.2. The van der Waals surface area contributed by atoms with Crippen molar-refractivity contribution < 1.29 is 9.72 Å².